The molecule has 0 aromatic carbocycles. The van der Waals surface area contributed by atoms with Crippen LogP contribution in [-0.2, 0) is 36.9 Å². The Morgan fingerprint density at radius 1 is 0.789 bits per heavy atom. The third-order valence-corrected chi connectivity index (χ3v) is 3.30. The zero-order chi connectivity index (χ0) is 15.1. The van der Waals surface area contributed by atoms with Crippen LogP contribution in [0.15, 0.2) is 25.3 Å². The van der Waals surface area contributed by atoms with E-state index in [-0.39, 0.29) is 0 Å². The predicted molar refractivity (Wildman–Crippen MR) is 61.9 cm³/mol. The van der Waals surface area contributed by atoms with Crippen LogP contribution in [0.25, 0.3) is 0 Å². The number of hydrogen-bond donors (Lipinski definition) is 0. The summed E-state index contributed by atoms with van der Waals surface area (Å²) in [5.74, 6) is -4.12. The second-order valence-electron chi connectivity index (χ2n) is 2.94. The van der Waals surface area contributed by atoms with Crippen molar-refractivity contribution < 1.29 is 36.9 Å². The molecule has 0 unspecified atom stereocenters. The van der Waals surface area contributed by atoms with Gasteiger partial charge in [-0.25, -0.2) is 9.59 Å². The van der Waals surface area contributed by atoms with Gasteiger partial charge in [-0.05, 0) is 0 Å². The van der Waals surface area contributed by atoms with Gasteiger partial charge in [0.15, 0.2) is 0 Å². The van der Waals surface area contributed by atoms with E-state index in [1.807, 2.05) is 0 Å². The molecule has 0 saturated carbocycles. The topological polar surface area (TPSA) is 105 Å². The lowest BCUT2D eigenvalue weighted by molar-refractivity contribution is -0.158. The van der Waals surface area contributed by atoms with Crippen LogP contribution in [0.4, 0.5) is 0 Å². The average Bonchev–Trinajstić information content (AvgIpc) is 2.26. The third-order valence-electron chi connectivity index (χ3n) is 1.32. The fourth-order valence-corrected chi connectivity index (χ4v) is 2.42. The number of rotatable bonds is 6. The molecule has 104 valence electrons. The summed E-state index contributed by atoms with van der Waals surface area (Å²) in [5.41, 5.74) is 0. The van der Waals surface area contributed by atoms with Crippen molar-refractivity contribution >= 4 is 32.9 Å². The normalized spacial score (nSPS) is 9.79. The lowest BCUT2D eigenvalue weighted by atomic mass is 10.7. The Hall–Kier alpha value is -2.42. The molecule has 0 rings (SSSR count). The zero-order valence-corrected chi connectivity index (χ0v) is 11.3. The van der Waals surface area contributed by atoms with E-state index in [4.69, 9.17) is 0 Å². The van der Waals surface area contributed by atoms with Crippen molar-refractivity contribution in [3.63, 3.8) is 0 Å². The van der Waals surface area contributed by atoms with Crippen molar-refractivity contribution in [2.45, 2.75) is 13.8 Å². The first-order chi connectivity index (χ1) is 8.74. The summed E-state index contributed by atoms with van der Waals surface area (Å²) >= 11 is 0. The Labute approximate surface area is 110 Å². The van der Waals surface area contributed by atoms with Gasteiger partial charge < -0.3 is 17.7 Å². The van der Waals surface area contributed by atoms with Gasteiger partial charge in [0.05, 0.1) is 0 Å². The average molecular weight is 288 g/mol. The van der Waals surface area contributed by atoms with E-state index < -0.39 is 32.9 Å². The minimum absolute atomic E-state index is 0.719. The van der Waals surface area contributed by atoms with Crippen molar-refractivity contribution in [3.05, 3.63) is 25.3 Å². The van der Waals surface area contributed by atoms with Gasteiger partial charge in [0.2, 0.25) is 0 Å². The van der Waals surface area contributed by atoms with E-state index in [0.717, 1.165) is 26.0 Å². The molecule has 0 bridgehead atoms. The minimum Gasteiger partial charge on any atom is -0.423 e. The summed E-state index contributed by atoms with van der Waals surface area (Å²) in [6.07, 6.45) is 1.44. The van der Waals surface area contributed by atoms with Crippen LogP contribution >= 0.6 is 0 Å². The van der Waals surface area contributed by atoms with E-state index in [0.29, 0.717) is 0 Å². The summed E-state index contributed by atoms with van der Waals surface area (Å²) in [4.78, 5) is 44.2. The quantitative estimate of drug-likeness (QED) is 0.497. The molecule has 0 fully saturated rings. The monoisotopic (exact) mass is 288 g/mol. The Bertz CT molecular complexity index is 387. The van der Waals surface area contributed by atoms with Crippen molar-refractivity contribution in [2.24, 2.45) is 0 Å². The highest BCUT2D eigenvalue weighted by atomic mass is 28.4. The fraction of sp³-hybridized carbons (Fsp3) is 0.200. The second kappa shape index (κ2) is 7.11. The highest BCUT2D eigenvalue weighted by Crippen LogP contribution is 2.14. The van der Waals surface area contributed by atoms with Gasteiger partial charge in [-0.2, -0.15) is 0 Å². The Balaban J connectivity index is 5.39. The predicted octanol–water partition coefficient (Wildman–Crippen LogP) is 0.00660. The molecule has 0 saturated heterocycles. The van der Waals surface area contributed by atoms with Crippen LogP contribution in [0.1, 0.15) is 13.8 Å². The first kappa shape index (κ1) is 16.6. The Kier molecular flexibility index (Phi) is 6.20. The Morgan fingerprint density at radius 2 is 1.11 bits per heavy atom. The molecule has 0 aliphatic rings. The van der Waals surface area contributed by atoms with Crippen molar-refractivity contribution in [1.82, 2.24) is 0 Å². The standard InChI is InChI=1S/C10H12O8Si/c1-5-9(13)17-19(15-7(3)11,16-8(4)12)18-10(14)6-2/h5-6H,1-2H2,3-4H3. The lowest BCUT2D eigenvalue weighted by Gasteiger charge is -2.22. The summed E-state index contributed by atoms with van der Waals surface area (Å²) in [5, 5.41) is 0. The summed E-state index contributed by atoms with van der Waals surface area (Å²) in [6, 6.07) is 0. The SMILES string of the molecule is C=CC(=O)O[Si](OC(C)=O)(OC(C)=O)OC(=O)C=C. The van der Waals surface area contributed by atoms with Crippen LogP contribution in [0.5, 0.6) is 0 Å². The van der Waals surface area contributed by atoms with Crippen LogP contribution in [-0.4, -0.2) is 32.9 Å². The molecule has 0 spiro atoms. The van der Waals surface area contributed by atoms with E-state index in [2.05, 4.69) is 30.9 Å². The van der Waals surface area contributed by atoms with Gasteiger partial charge in [0.25, 0.3) is 11.9 Å². The van der Waals surface area contributed by atoms with Crippen molar-refractivity contribution in [2.75, 3.05) is 0 Å². The van der Waals surface area contributed by atoms with Gasteiger partial charge in [-0.3, -0.25) is 9.59 Å². The van der Waals surface area contributed by atoms with Crippen LogP contribution in [0, 0.1) is 0 Å². The molecule has 0 amide bonds. The van der Waals surface area contributed by atoms with Gasteiger partial charge >= 0.3 is 21.0 Å². The number of carbonyl (C=O) groups is 4. The molecule has 19 heavy (non-hydrogen) atoms. The summed E-state index contributed by atoms with van der Waals surface area (Å²) in [7, 11) is -4.63. The lowest BCUT2D eigenvalue weighted by Crippen LogP contribution is -2.53. The van der Waals surface area contributed by atoms with Crippen molar-refractivity contribution in [1.29, 1.82) is 0 Å². The summed E-state index contributed by atoms with van der Waals surface area (Å²) < 4.78 is 18.3. The van der Waals surface area contributed by atoms with E-state index in [9.17, 15) is 19.2 Å². The van der Waals surface area contributed by atoms with Gasteiger partial charge in [0.1, 0.15) is 0 Å². The maximum absolute atomic E-state index is 11.2. The number of carbonyl (C=O) groups excluding carboxylic acids is 4. The first-order valence-corrected chi connectivity index (χ1v) is 6.48. The molecule has 0 aromatic heterocycles. The molecule has 0 radical (unpaired) electrons. The van der Waals surface area contributed by atoms with E-state index in [1.54, 1.807) is 0 Å². The minimum atomic E-state index is -4.63. The van der Waals surface area contributed by atoms with Gasteiger partial charge in [-0.15, -0.1) is 0 Å². The van der Waals surface area contributed by atoms with E-state index >= 15 is 0 Å². The molecule has 0 heterocycles. The fourth-order valence-electron chi connectivity index (χ4n) is 0.807. The molecule has 8 nitrogen and oxygen atoms in total. The van der Waals surface area contributed by atoms with Crippen LogP contribution in [0.3, 0.4) is 0 Å². The molecule has 0 aromatic rings. The Morgan fingerprint density at radius 3 is 1.32 bits per heavy atom. The maximum Gasteiger partial charge on any atom is 0.975 e. The molecule has 0 aliphatic heterocycles. The third kappa shape index (κ3) is 6.17. The second-order valence-corrected chi connectivity index (χ2v) is 4.75. The highest BCUT2D eigenvalue weighted by molar-refractivity contribution is 6.61. The first-order valence-electron chi connectivity index (χ1n) is 4.84. The highest BCUT2D eigenvalue weighted by Gasteiger charge is 2.61. The molecule has 9 heteroatoms. The largest absolute Gasteiger partial charge is 0.975 e. The molecule has 0 N–H and O–H groups in total. The number of hydrogen-bond acceptors (Lipinski definition) is 8. The van der Waals surface area contributed by atoms with Crippen LogP contribution < -0.4 is 0 Å². The van der Waals surface area contributed by atoms with Crippen molar-refractivity contribution in [3.8, 4) is 0 Å². The molecular formula is C10H12O8Si. The van der Waals surface area contributed by atoms with Gasteiger partial charge in [0, 0.05) is 26.0 Å². The van der Waals surface area contributed by atoms with E-state index in [1.165, 1.54) is 0 Å². The molecule has 0 aliphatic carbocycles. The zero-order valence-electron chi connectivity index (χ0n) is 10.3. The maximum atomic E-state index is 11.2. The molecular weight excluding hydrogens is 276 g/mol. The molecule has 0 atom stereocenters. The van der Waals surface area contributed by atoms with Crippen LogP contribution in [0.2, 0.25) is 0 Å². The summed E-state index contributed by atoms with van der Waals surface area (Å²) in [6.45, 7) is 8.12. The smallest absolute Gasteiger partial charge is 0.423 e. The van der Waals surface area contributed by atoms with Gasteiger partial charge in [-0.1, -0.05) is 13.2 Å².